The molecule has 25 heavy (non-hydrogen) atoms. The van der Waals surface area contributed by atoms with Crippen molar-refractivity contribution in [3.05, 3.63) is 13.2 Å². The highest BCUT2D eigenvalue weighted by Gasteiger charge is 2.44. The van der Waals surface area contributed by atoms with E-state index in [1.54, 1.807) is 0 Å². The van der Waals surface area contributed by atoms with Crippen molar-refractivity contribution in [2.75, 3.05) is 13.2 Å². The molecule has 0 amide bonds. The molecule has 0 aliphatic carbocycles. The van der Waals surface area contributed by atoms with E-state index >= 15 is 0 Å². The molecule has 0 aliphatic rings. The molecule has 0 aromatic carbocycles. The van der Waals surface area contributed by atoms with Gasteiger partial charge in [-0.05, 0) is 64.8 Å². The molecule has 0 saturated carbocycles. The van der Waals surface area contributed by atoms with Gasteiger partial charge in [0.2, 0.25) is 0 Å². The molecule has 0 bridgehead atoms. The average Bonchev–Trinajstić information content (AvgIpc) is 2.30. The zero-order valence-corrected chi connectivity index (χ0v) is 22.7. The van der Waals surface area contributed by atoms with E-state index in [0.717, 1.165) is 12.7 Å². The second-order valence-electron chi connectivity index (χ2n) is 9.28. The van der Waals surface area contributed by atoms with Crippen LogP contribution in [0.3, 0.4) is 0 Å². The summed E-state index contributed by atoms with van der Waals surface area (Å²) in [5, 5.41) is 0. The zero-order valence-electron chi connectivity index (χ0n) is 18.7. The van der Waals surface area contributed by atoms with Crippen LogP contribution in [0.4, 0.5) is 0 Å². The Bertz CT molecular complexity index is 365. The SMILES string of the molecule is C=C.CC(C)COCC[Si](C)(O[Si](C)(C)C)O[Si](C)(C)O[Si](C)(C)C. The van der Waals surface area contributed by atoms with E-state index in [-0.39, 0.29) is 0 Å². The number of rotatable bonds is 11. The summed E-state index contributed by atoms with van der Waals surface area (Å²) in [5.74, 6) is 0.558. The van der Waals surface area contributed by atoms with Gasteiger partial charge in [-0.15, -0.1) is 13.2 Å². The second kappa shape index (κ2) is 11.3. The lowest BCUT2D eigenvalue weighted by Crippen LogP contribution is -2.57. The lowest BCUT2D eigenvalue weighted by molar-refractivity contribution is 0.116. The first-order valence-corrected chi connectivity index (χ1v) is 21.4. The van der Waals surface area contributed by atoms with Gasteiger partial charge in [0, 0.05) is 19.3 Å². The van der Waals surface area contributed by atoms with Gasteiger partial charge < -0.3 is 17.1 Å². The first-order chi connectivity index (χ1) is 11.0. The number of hydrogen-bond donors (Lipinski definition) is 0. The van der Waals surface area contributed by atoms with E-state index in [4.69, 9.17) is 17.1 Å². The first kappa shape index (κ1) is 27.7. The molecule has 0 aromatic heterocycles. The summed E-state index contributed by atoms with van der Waals surface area (Å²) >= 11 is 0. The molecule has 152 valence electrons. The van der Waals surface area contributed by atoms with Crippen LogP contribution in [0, 0.1) is 5.92 Å². The largest absolute Gasteiger partial charge is 0.437 e. The predicted molar refractivity (Wildman–Crippen MR) is 121 cm³/mol. The van der Waals surface area contributed by atoms with Crippen molar-refractivity contribution >= 4 is 33.8 Å². The van der Waals surface area contributed by atoms with Crippen LogP contribution in [0.15, 0.2) is 13.2 Å². The fraction of sp³-hybridized carbons (Fsp3) is 0.882. The minimum atomic E-state index is -2.30. The molecule has 0 heterocycles. The van der Waals surface area contributed by atoms with Crippen molar-refractivity contribution in [1.29, 1.82) is 0 Å². The molecule has 0 spiro atoms. The highest BCUT2D eigenvalue weighted by Crippen LogP contribution is 2.26. The van der Waals surface area contributed by atoms with Gasteiger partial charge in [-0.3, -0.25) is 0 Å². The molecule has 1 atom stereocenters. The Morgan fingerprint density at radius 3 is 1.52 bits per heavy atom. The number of ether oxygens (including phenoxy) is 1. The fourth-order valence-electron chi connectivity index (χ4n) is 2.63. The van der Waals surface area contributed by atoms with E-state index in [2.05, 4.69) is 85.9 Å². The summed E-state index contributed by atoms with van der Waals surface area (Å²) in [6.45, 7) is 31.7. The van der Waals surface area contributed by atoms with Crippen molar-refractivity contribution in [3.63, 3.8) is 0 Å². The van der Waals surface area contributed by atoms with Crippen molar-refractivity contribution in [2.45, 2.75) is 78.8 Å². The maximum absolute atomic E-state index is 6.61. The van der Waals surface area contributed by atoms with Crippen LogP contribution in [0.25, 0.3) is 0 Å². The highest BCUT2D eigenvalue weighted by atomic mass is 28.5. The molecule has 0 rings (SSSR count). The molecule has 0 N–H and O–H groups in total. The van der Waals surface area contributed by atoms with Crippen LogP contribution < -0.4 is 0 Å². The van der Waals surface area contributed by atoms with Gasteiger partial charge in [-0.2, -0.15) is 0 Å². The molecule has 0 saturated heterocycles. The quantitative estimate of drug-likeness (QED) is 0.233. The Morgan fingerprint density at radius 1 is 0.720 bits per heavy atom. The Morgan fingerprint density at radius 2 is 1.16 bits per heavy atom. The van der Waals surface area contributed by atoms with E-state index in [9.17, 15) is 0 Å². The van der Waals surface area contributed by atoms with Crippen LogP contribution in [0.5, 0.6) is 0 Å². The molecular formula is C17H44O4Si4. The minimum absolute atomic E-state index is 0.558. The lowest BCUT2D eigenvalue weighted by atomic mass is 10.2. The Labute approximate surface area is 162 Å². The van der Waals surface area contributed by atoms with Crippen LogP contribution in [0.1, 0.15) is 13.8 Å². The predicted octanol–water partition coefficient (Wildman–Crippen LogP) is 5.95. The van der Waals surface area contributed by atoms with E-state index in [1.807, 2.05) is 0 Å². The first-order valence-electron chi connectivity index (χ1n) is 9.22. The Balaban J connectivity index is 0. The van der Waals surface area contributed by atoms with Crippen molar-refractivity contribution < 1.29 is 17.1 Å². The third-order valence-corrected chi connectivity index (χ3v) is 16.1. The van der Waals surface area contributed by atoms with Gasteiger partial charge >= 0.3 is 17.1 Å². The fourth-order valence-corrected chi connectivity index (χ4v) is 20.3. The zero-order chi connectivity index (χ0) is 20.5. The van der Waals surface area contributed by atoms with Crippen LogP contribution in [-0.4, -0.2) is 47.0 Å². The molecule has 8 heteroatoms. The maximum Gasteiger partial charge on any atom is 0.318 e. The number of hydrogen-bond acceptors (Lipinski definition) is 4. The third kappa shape index (κ3) is 17.6. The molecule has 0 aliphatic heterocycles. The van der Waals surface area contributed by atoms with Crippen molar-refractivity contribution in [2.24, 2.45) is 5.92 Å². The monoisotopic (exact) mass is 424 g/mol. The molecule has 4 nitrogen and oxygen atoms in total. The third-order valence-electron chi connectivity index (χ3n) is 2.69. The highest BCUT2D eigenvalue weighted by molar-refractivity contribution is 6.89. The van der Waals surface area contributed by atoms with Crippen molar-refractivity contribution in [3.8, 4) is 0 Å². The Kier molecular flexibility index (Phi) is 12.5. The van der Waals surface area contributed by atoms with Gasteiger partial charge in [-0.25, -0.2) is 0 Å². The van der Waals surface area contributed by atoms with E-state index in [0.29, 0.717) is 12.5 Å². The normalized spacial score (nSPS) is 15.5. The van der Waals surface area contributed by atoms with Gasteiger partial charge in [0.25, 0.3) is 0 Å². The average molecular weight is 425 g/mol. The Hall–Kier alpha value is 0.448. The van der Waals surface area contributed by atoms with Crippen LogP contribution >= 0.6 is 0 Å². The van der Waals surface area contributed by atoms with Crippen molar-refractivity contribution in [1.82, 2.24) is 0 Å². The molecule has 1 unspecified atom stereocenters. The van der Waals surface area contributed by atoms with E-state index < -0.39 is 33.8 Å². The topological polar surface area (TPSA) is 36.9 Å². The summed E-state index contributed by atoms with van der Waals surface area (Å²) in [4.78, 5) is 0. The summed E-state index contributed by atoms with van der Waals surface area (Å²) in [5.41, 5.74) is 0. The summed E-state index contributed by atoms with van der Waals surface area (Å²) in [7, 11) is -7.78. The maximum atomic E-state index is 6.61. The lowest BCUT2D eigenvalue weighted by Gasteiger charge is -2.41. The van der Waals surface area contributed by atoms with E-state index in [1.165, 1.54) is 0 Å². The van der Waals surface area contributed by atoms with Gasteiger partial charge in [-0.1, -0.05) is 13.8 Å². The molecular weight excluding hydrogens is 381 g/mol. The summed E-state index contributed by atoms with van der Waals surface area (Å²) < 4.78 is 25.3. The van der Waals surface area contributed by atoms with Gasteiger partial charge in [0.05, 0.1) is 0 Å². The summed E-state index contributed by atoms with van der Waals surface area (Å²) in [6.07, 6.45) is 0. The van der Waals surface area contributed by atoms with Gasteiger partial charge in [0.15, 0.2) is 16.6 Å². The summed E-state index contributed by atoms with van der Waals surface area (Å²) in [6, 6.07) is 0.871. The molecule has 0 radical (unpaired) electrons. The standard InChI is InChI=1S/C15H40O4Si4.C2H4/c1-15(2)14-16-12-13-23(11,18-21(6,7)8)19-22(9,10)17-20(3,4)5;1-2/h15H,12-14H2,1-11H3;1-2H2. The molecule has 0 aromatic rings. The smallest absolute Gasteiger partial charge is 0.318 e. The second-order valence-corrected chi connectivity index (χ2v) is 25.7. The van der Waals surface area contributed by atoms with Crippen LogP contribution in [0.2, 0.25) is 65.0 Å². The minimum Gasteiger partial charge on any atom is -0.437 e. The molecule has 0 fully saturated rings. The van der Waals surface area contributed by atoms with Crippen LogP contribution in [-0.2, 0) is 17.1 Å². The van der Waals surface area contributed by atoms with Gasteiger partial charge in [0.1, 0.15) is 0 Å².